The maximum absolute atomic E-state index is 12.4. The fraction of sp³-hybridized carbons (Fsp3) is 0.400. The van der Waals surface area contributed by atoms with Crippen molar-refractivity contribution in [2.24, 2.45) is 0 Å². The number of hydrogen-bond donors (Lipinski definition) is 0. The highest BCUT2D eigenvalue weighted by Gasteiger charge is 2.25. The van der Waals surface area contributed by atoms with Crippen molar-refractivity contribution < 1.29 is 13.9 Å². The van der Waals surface area contributed by atoms with Gasteiger partial charge in [-0.25, -0.2) is 0 Å². The molecule has 166 valence electrons. The van der Waals surface area contributed by atoms with Crippen LogP contribution in [-0.2, 0) is 6.42 Å². The summed E-state index contributed by atoms with van der Waals surface area (Å²) in [5, 5.41) is 1.01. The minimum Gasteiger partial charge on any atom is -0.490 e. The molecule has 0 spiro atoms. The lowest BCUT2D eigenvalue weighted by Gasteiger charge is -2.22. The number of unbranched alkanes of at least 4 members (excludes halogenated alkanes) is 1. The number of carbonyl (C=O) groups is 1. The molecule has 0 amide bonds. The lowest BCUT2D eigenvalue weighted by Crippen LogP contribution is -2.28. The van der Waals surface area contributed by atoms with Gasteiger partial charge < -0.3 is 14.1 Å². The van der Waals surface area contributed by atoms with E-state index in [0.717, 1.165) is 91.3 Å². The Morgan fingerprint density at radius 2 is 1.84 bits per heavy atom. The molecule has 0 fully saturated rings. The van der Waals surface area contributed by atoms with Gasteiger partial charge in [-0.05, 0) is 82.7 Å². The zero-order valence-electron chi connectivity index (χ0n) is 18.3. The second kappa shape index (κ2) is 11.7. The van der Waals surface area contributed by atoms with Crippen molar-refractivity contribution >= 4 is 62.4 Å². The number of carbonyl (C=O) groups excluding carboxylic acids is 1. The predicted octanol–water partition coefficient (Wildman–Crippen LogP) is 7.18. The van der Waals surface area contributed by atoms with Gasteiger partial charge in [-0.15, -0.1) is 0 Å². The zero-order chi connectivity index (χ0) is 22.4. The Bertz CT molecular complexity index is 1040. The van der Waals surface area contributed by atoms with E-state index in [4.69, 9.17) is 9.15 Å². The van der Waals surface area contributed by atoms with Gasteiger partial charge in [0, 0.05) is 28.6 Å². The molecular weight excluding hydrogens is 616 g/mol. The number of para-hydroxylation sites is 1. The first-order valence-corrected chi connectivity index (χ1v) is 13.0. The van der Waals surface area contributed by atoms with Crippen LogP contribution in [0, 0.1) is 7.14 Å². The number of benzene rings is 2. The van der Waals surface area contributed by atoms with Crippen LogP contribution >= 0.6 is 45.2 Å². The van der Waals surface area contributed by atoms with Gasteiger partial charge in [0.1, 0.15) is 17.9 Å². The van der Waals surface area contributed by atoms with Gasteiger partial charge in [0.2, 0.25) is 0 Å². The van der Waals surface area contributed by atoms with E-state index in [2.05, 4.69) is 70.9 Å². The van der Waals surface area contributed by atoms with Crippen LogP contribution in [0.2, 0.25) is 0 Å². The van der Waals surface area contributed by atoms with Gasteiger partial charge in [0.05, 0.1) is 13.4 Å². The summed E-state index contributed by atoms with van der Waals surface area (Å²) in [6, 6.07) is 7.96. The Balaban J connectivity index is 2.15. The highest BCUT2D eigenvalue weighted by Crippen LogP contribution is 2.44. The van der Waals surface area contributed by atoms with E-state index >= 15 is 0 Å². The van der Waals surface area contributed by atoms with Crippen molar-refractivity contribution in [3.05, 3.63) is 48.8 Å². The third-order valence-corrected chi connectivity index (χ3v) is 7.84. The summed E-state index contributed by atoms with van der Waals surface area (Å²) in [6.07, 6.45) is 5.73. The smallest absolute Gasteiger partial charge is 0.151 e. The highest BCUT2D eigenvalue weighted by molar-refractivity contribution is 14.1. The van der Waals surface area contributed by atoms with Crippen molar-refractivity contribution in [3.63, 3.8) is 0 Å². The Kier molecular flexibility index (Phi) is 9.21. The van der Waals surface area contributed by atoms with Crippen LogP contribution in [0.25, 0.3) is 22.1 Å². The SMILES string of the molecule is CCCCc1c(I)c(OCCN(CC)CC)c(I)c(-c2coc3ccccc23)c1C=O. The molecule has 1 heterocycles. The predicted molar refractivity (Wildman–Crippen MR) is 144 cm³/mol. The maximum atomic E-state index is 12.4. The standard InChI is InChI=1S/C25H29I2NO3/c1-4-7-10-18-19(15-29)22(20-16-31-21-12-9-8-11-17(20)21)24(27)25(23(18)26)30-14-13-28(5-2)6-3/h8-9,11-12,15-16H,4-7,10,13-14H2,1-3H3. The van der Waals surface area contributed by atoms with Crippen LogP contribution < -0.4 is 4.74 Å². The lowest BCUT2D eigenvalue weighted by molar-refractivity contribution is 0.112. The molecule has 0 aliphatic heterocycles. The Hall–Kier alpha value is -1.13. The molecule has 0 bridgehead atoms. The van der Waals surface area contributed by atoms with Gasteiger partial charge in [-0.1, -0.05) is 45.4 Å². The quantitative estimate of drug-likeness (QED) is 0.164. The highest BCUT2D eigenvalue weighted by atomic mass is 127. The molecule has 0 saturated heterocycles. The minimum atomic E-state index is 0.618. The second-order valence-electron chi connectivity index (χ2n) is 7.47. The second-order valence-corrected chi connectivity index (χ2v) is 9.62. The molecule has 0 aliphatic rings. The molecular formula is C25H29I2NO3. The normalized spacial score (nSPS) is 11.4. The lowest BCUT2D eigenvalue weighted by atomic mass is 9.93. The van der Waals surface area contributed by atoms with Crippen molar-refractivity contribution in [1.82, 2.24) is 4.90 Å². The van der Waals surface area contributed by atoms with Gasteiger partial charge in [0.25, 0.3) is 0 Å². The van der Waals surface area contributed by atoms with Crippen LogP contribution in [0.15, 0.2) is 34.9 Å². The van der Waals surface area contributed by atoms with Gasteiger partial charge in [-0.3, -0.25) is 4.79 Å². The summed E-state index contributed by atoms with van der Waals surface area (Å²) in [5.74, 6) is 0.880. The largest absolute Gasteiger partial charge is 0.490 e. The van der Waals surface area contributed by atoms with Crippen molar-refractivity contribution in [3.8, 4) is 16.9 Å². The zero-order valence-corrected chi connectivity index (χ0v) is 22.7. The molecule has 6 heteroatoms. The molecule has 0 aliphatic carbocycles. The summed E-state index contributed by atoms with van der Waals surface area (Å²) < 4.78 is 14.2. The van der Waals surface area contributed by atoms with Crippen LogP contribution in [-0.4, -0.2) is 37.4 Å². The molecule has 4 nitrogen and oxygen atoms in total. The molecule has 2 aromatic carbocycles. The molecule has 3 rings (SSSR count). The summed E-state index contributed by atoms with van der Waals surface area (Å²) in [4.78, 5) is 14.7. The first kappa shape index (κ1) is 24.5. The van der Waals surface area contributed by atoms with E-state index < -0.39 is 0 Å². The number of ether oxygens (including phenoxy) is 1. The van der Waals surface area contributed by atoms with Crippen LogP contribution in [0.4, 0.5) is 0 Å². The number of nitrogens with zero attached hydrogens (tertiary/aromatic N) is 1. The number of aldehydes is 1. The molecule has 3 aromatic rings. The average molecular weight is 645 g/mol. The number of furan rings is 1. The van der Waals surface area contributed by atoms with Crippen LogP contribution in [0.1, 0.15) is 49.5 Å². The molecule has 31 heavy (non-hydrogen) atoms. The van der Waals surface area contributed by atoms with Crippen LogP contribution in [0.3, 0.4) is 0 Å². The monoisotopic (exact) mass is 645 g/mol. The molecule has 0 radical (unpaired) electrons. The molecule has 1 aromatic heterocycles. The van der Waals surface area contributed by atoms with E-state index in [9.17, 15) is 4.79 Å². The maximum Gasteiger partial charge on any atom is 0.151 e. The fourth-order valence-corrected chi connectivity index (χ4v) is 6.35. The number of rotatable bonds is 11. The molecule has 0 unspecified atom stereocenters. The number of likely N-dealkylation sites (N-methyl/N-ethyl adjacent to an activating group) is 1. The summed E-state index contributed by atoms with van der Waals surface area (Å²) >= 11 is 4.69. The molecule has 0 N–H and O–H groups in total. The van der Waals surface area contributed by atoms with Crippen molar-refractivity contribution in [1.29, 1.82) is 0 Å². The Morgan fingerprint density at radius 1 is 1.10 bits per heavy atom. The summed E-state index contributed by atoms with van der Waals surface area (Å²) in [5.41, 5.74) is 4.53. The minimum absolute atomic E-state index is 0.618. The topological polar surface area (TPSA) is 42.7 Å². The Morgan fingerprint density at radius 3 is 2.52 bits per heavy atom. The molecule has 0 saturated carbocycles. The third-order valence-electron chi connectivity index (χ3n) is 5.67. The Labute approximate surface area is 212 Å². The summed E-state index contributed by atoms with van der Waals surface area (Å²) in [7, 11) is 0. The van der Waals surface area contributed by atoms with Gasteiger partial charge in [0.15, 0.2) is 6.29 Å². The van der Waals surface area contributed by atoms with Crippen molar-refractivity contribution in [2.45, 2.75) is 40.0 Å². The van der Waals surface area contributed by atoms with Gasteiger partial charge >= 0.3 is 0 Å². The first-order valence-electron chi connectivity index (χ1n) is 10.9. The third kappa shape index (κ3) is 5.27. The van der Waals surface area contributed by atoms with Gasteiger partial charge in [-0.2, -0.15) is 0 Å². The van der Waals surface area contributed by atoms with E-state index in [0.29, 0.717) is 6.61 Å². The van der Waals surface area contributed by atoms with Crippen LogP contribution in [0.5, 0.6) is 5.75 Å². The number of halogens is 2. The molecule has 0 atom stereocenters. The van der Waals surface area contributed by atoms with E-state index in [-0.39, 0.29) is 0 Å². The van der Waals surface area contributed by atoms with E-state index in [1.165, 1.54) is 0 Å². The average Bonchev–Trinajstić information content (AvgIpc) is 3.21. The summed E-state index contributed by atoms with van der Waals surface area (Å²) in [6.45, 7) is 10.0. The van der Waals surface area contributed by atoms with E-state index in [1.807, 2.05) is 24.3 Å². The first-order chi connectivity index (χ1) is 15.1. The fourth-order valence-electron chi connectivity index (χ4n) is 3.84. The van der Waals surface area contributed by atoms with E-state index in [1.54, 1.807) is 6.26 Å². The number of hydrogen-bond acceptors (Lipinski definition) is 4. The van der Waals surface area contributed by atoms with Crippen molar-refractivity contribution in [2.75, 3.05) is 26.2 Å². The number of fused-ring (bicyclic) bond motifs is 1.